The lowest BCUT2D eigenvalue weighted by atomic mass is 9.99. The van der Waals surface area contributed by atoms with Gasteiger partial charge >= 0.3 is 6.18 Å². The molecule has 2 fully saturated rings. The molecule has 3 heterocycles. The van der Waals surface area contributed by atoms with Crippen LogP contribution in [0.25, 0.3) is 0 Å². The molecule has 9 heteroatoms. The van der Waals surface area contributed by atoms with Gasteiger partial charge in [-0.1, -0.05) is 0 Å². The second-order valence-corrected chi connectivity index (χ2v) is 6.14. The van der Waals surface area contributed by atoms with Crippen LogP contribution in [0.4, 0.5) is 19.0 Å². The van der Waals surface area contributed by atoms with E-state index in [0.29, 0.717) is 6.20 Å². The number of ether oxygens (including phenoxy) is 3. The highest BCUT2D eigenvalue weighted by atomic mass is 19.4. The fourth-order valence-electron chi connectivity index (χ4n) is 2.82. The number of anilines is 1. The van der Waals surface area contributed by atoms with Crippen LogP contribution in [0.15, 0.2) is 12.4 Å². The number of nitrogens with zero attached hydrogens (tertiary/aromatic N) is 2. The Bertz CT molecular complexity index is 582. The monoisotopic (exact) mass is 333 g/mol. The first-order valence-electron chi connectivity index (χ1n) is 7.29. The molecule has 1 aromatic heterocycles. The predicted octanol–water partition coefficient (Wildman–Crippen LogP) is 2.21. The van der Waals surface area contributed by atoms with Crippen molar-refractivity contribution >= 4 is 5.82 Å². The molecule has 2 aliphatic rings. The lowest BCUT2D eigenvalue weighted by Gasteiger charge is -2.36. The summed E-state index contributed by atoms with van der Waals surface area (Å²) < 4.78 is 55.5. The van der Waals surface area contributed by atoms with E-state index in [2.05, 4.69) is 15.3 Å². The Morgan fingerprint density at radius 2 is 1.91 bits per heavy atom. The summed E-state index contributed by atoms with van der Waals surface area (Å²) in [4.78, 5) is 7.14. The van der Waals surface area contributed by atoms with Crippen LogP contribution in [0.3, 0.4) is 0 Å². The fraction of sp³-hybridized carbons (Fsp3) is 0.714. The van der Waals surface area contributed by atoms with E-state index in [9.17, 15) is 13.2 Å². The highest BCUT2D eigenvalue weighted by Gasteiger charge is 2.50. The van der Waals surface area contributed by atoms with E-state index in [1.165, 1.54) is 6.20 Å². The van der Waals surface area contributed by atoms with Gasteiger partial charge in [0.2, 0.25) is 0 Å². The summed E-state index contributed by atoms with van der Waals surface area (Å²) >= 11 is 0. The Morgan fingerprint density at radius 3 is 2.61 bits per heavy atom. The van der Waals surface area contributed by atoms with E-state index in [1.54, 1.807) is 13.8 Å². The third-order valence-electron chi connectivity index (χ3n) is 3.82. The minimum atomic E-state index is -4.54. The molecule has 0 bridgehead atoms. The molecule has 0 radical (unpaired) electrons. The molecule has 0 aliphatic carbocycles. The van der Waals surface area contributed by atoms with Gasteiger partial charge in [0, 0.05) is 0 Å². The van der Waals surface area contributed by atoms with Crippen molar-refractivity contribution < 1.29 is 27.4 Å². The molecule has 1 aromatic rings. The number of hydrogen-bond donors (Lipinski definition) is 1. The minimum Gasteiger partial charge on any atom is -0.373 e. The largest absolute Gasteiger partial charge is 0.434 e. The molecule has 0 saturated carbocycles. The summed E-state index contributed by atoms with van der Waals surface area (Å²) in [6.45, 7) is 5.74. The second kappa shape index (κ2) is 5.57. The van der Waals surface area contributed by atoms with Crippen molar-refractivity contribution in [1.29, 1.82) is 0 Å². The quantitative estimate of drug-likeness (QED) is 0.895. The molecule has 0 unspecified atom stereocenters. The standard InChI is InChI=1S/C14H18F3N3O3/c1-7-11-12(23-13(2,3)22-11)8(6-21-7)19-10-5-18-4-9(20-10)14(15,16)17/h4-5,7-8,11-12H,6H2,1-3H3,(H,19,20)/t7-,8+,11+,12-/m1/s1. The molecule has 128 valence electrons. The van der Waals surface area contributed by atoms with Crippen LogP contribution in [-0.2, 0) is 20.4 Å². The predicted molar refractivity (Wildman–Crippen MR) is 73.7 cm³/mol. The van der Waals surface area contributed by atoms with Crippen molar-refractivity contribution in [2.45, 2.75) is 57.1 Å². The van der Waals surface area contributed by atoms with Gasteiger partial charge in [-0.3, -0.25) is 4.98 Å². The zero-order valence-electron chi connectivity index (χ0n) is 12.9. The summed E-state index contributed by atoms with van der Waals surface area (Å²) in [5.74, 6) is -0.744. The third kappa shape index (κ3) is 3.41. The summed E-state index contributed by atoms with van der Waals surface area (Å²) in [6.07, 6.45) is -3.41. The van der Waals surface area contributed by atoms with Crippen LogP contribution in [0.2, 0.25) is 0 Å². The Kier molecular flexibility index (Phi) is 3.97. The normalized spacial score (nSPS) is 33.3. The first-order chi connectivity index (χ1) is 10.7. The van der Waals surface area contributed by atoms with Gasteiger partial charge in [0.1, 0.15) is 18.0 Å². The number of alkyl halides is 3. The molecule has 0 amide bonds. The second-order valence-electron chi connectivity index (χ2n) is 6.14. The average Bonchev–Trinajstić information content (AvgIpc) is 2.78. The van der Waals surface area contributed by atoms with Gasteiger partial charge in [-0.05, 0) is 20.8 Å². The zero-order valence-corrected chi connectivity index (χ0v) is 12.9. The van der Waals surface area contributed by atoms with E-state index < -0.39 is 17.7 Å². The van der Waals surface area contributed by atoms with Gasteiger partial charge < -0.3 is 19.5 Å². The van der Waals surface area contributed by atoms with E-state index in [4.69, 9.17) is 14.2 Å². The van der Waals surface area contributed by atoms with Crippen LogP contribution in [0, 0.1) is 0 Å². The van der Waals surface area contributed by atoms with Crippen molar-refractivity contribution in [3.05, 3.63) is 18.1 Å². The Balaban J connectivity index is 1.78. The fourth-order valence-corrected chi connectivity index (χ4v) is 2.82. The van der Waals surface area contributed by atoms with Gasteiger partial charge in [0.25, 0.3) is 0 Å². The lowest BCUT2D eigenvalue weighted by molar-refractivity contribution is -0.152. The number of fused-ring (bicyclic) bond motifs is 1. The SMILES string of the molecule is C[C@H]1OC[C@H](Nc2cncc(C(F)(F)F)n2)[C@H]2OC(C)(C)O[C@H]21. The number of aromatic nitrogens is 2. The van der Waals surface area contributed by atoms with E-state index >= 15 is 0 Å². The summed E-state index contributed by atoms with van der Waals surface area (Å²) in [7, 11) is 0. The third-order valence-corrected chi connectivity index (χ3v) is 3.82. The molecule has 23 heavy (non-hydrogen) atoms. The molecule has 3 rings (SSSR count). The van der Waals surface area contributed by atoms with E-state index in [-0.39, 0.29) is 36.8 Å². The van der Waals surface area contributed by atoms with Crippen molar-refractivity contribution in [1.82, 2.24) is 9.97 Å². The Morgan fingerprint density at radius 1 is 1.22 bits per heavy atom. The van der Waals surface area contributed by atoms with Crippen molar-refractivity contribution in [3.8, 4) is 0 Å². The maximum atomic E-state index is 12.7. The van der Waals surface area contributed by atoms with Crippen LogP contribution in [0.5, 0.6) is 0 Å². The summed E-state index contributed by atoms with van der Waals surface area (Å²) in [6, 6.07) is -0.379. The van der Waals surface area contributed by atoms with Gasteiger partial charge in [-0.15, -0.1) is 0 Å². The number of hydrogen-bond acceptors (Lipinski definition) is 6. The van der Waals surface area contributed by atoms with Crippen molar-refractivity contribution in [3.63, 3.8) is 0 Å². The summed E-state index contributed by atoms with van der Waals surface area (Å²) in [5.41, 5.74) is -1.05. The average molecular weight is 333 g/mol. The topological polar surface area (TPSA) is 65.5 Å². The Hall–Kier alpha value is -1.45. The molecule has 0 aromatic carbocycles. The molecule has 6 nitrogen and oxygen atoms in total. The van der Waals surface area contributed by atoms with E-state index in [0.717, 1.165) is 0 Å². The van der Waals surface area contributed by atoms with E-state index in [1.807, 2.05) is 6.92 Å². The molecular weight excluding hydrogens is 315 g/mol. The maximum Gasteiger partial charge on any atom is 0.434 e. The summed E-state index contributed by atoms with van der Waals surface area (Å²) in [5, 5.41) is 2.92. The Labute approximate surface area is 131 Å². The van der Waals surface area contributed by atoms with Gasteiger partial charge in [0.05, 0.1) is 31.1 Å². The maximum absolute atomic E-state index is 12.7. The van der Waals surface area contributed by atoms with Gasteiger partial charge in [-0.25, -0.2) is 4.98 Å². The van der Waals surface area contributed by atoms with Crippen LogP contribution >= 0.6 is 0 Å². The first-order valence-corrected chi connectivity index (χ1v) is 7.29. The smallest absolute Gasteiger partial charge is 0.373 e. The molecule has 1 N–H and O–H groups in total. The van der Waals surface area contributed by atoms with Gasteiger partial charge in [-0.2, -0.15) is 13.2 Å². The number of nitrogens with one attached hydrogen (secondary N) is 1. The van der Waals surface area contributed by atoms with Crippen LogP contribution in [0.1, 0.15) is 26.5 Å². The van der Waals surface area contributed by atoms with Crippen molar-refractivity contribution in [2.24, 2.45) is 0 Å². The number of rotatable bonds is 2. The highest BCUT2D eigenvalue weighted by Crippen LogP contribution is 2.36. The van der Waals surface area contributed by atoms with Crippen molar-refractivity contribution in [2.75, 3.05) is 11.9 Å². The highest BCUT2D eigenvalue weighted by molar-refractivity contribution is 5.35. The van der Waals surface area contributed by atoms with Crippen LogP contribution < -0.4 is 5.32 Å². The lowest BCUT2D eigenvalue weighted by Crippen LogP contribution is -2.53. The number of halogens is 3. The van der Waals surface area contributed by atoms with Crippen LogP contribution in [-0.4, -0.2) is 46.7 Å². The minimum absolute atomic E-state index is 0.0232. The molecule has 4 atom stereocenters. The molecular formula is C14H18F3N3O3. The molecule has 2 saturated heterocycles. The molecule has 2 aliphatic heterocycles. The zero-order chi connectivity index (χ0) is 16.8. The molecule has 0 spiro atoms. The first kappa shape index (κ1) is 16.4. The van der Waals surface area contributed by atoms with Gasteiger partial charge in [0.15, 0.2) is 11.5 Å².